The van der Waals surface area contributed by atoms with Gasteiger partial charge in [0.25, 0.3) is 0 Å². The summed E-state index contributed by atoms with van der Waals surface area (Å²) in [5.74, 6) is -1.22. The van der Waals surface area contributed by atoms with Crippen LogP contribution < -0.4 is 4.90 Å². The lowest BCUT2D eigenvalue weighted by Crippen LogP contribution is -2.27. The lowest BCUT2D eigenvalue weighted by Gasteiger charge is -2.25. The van der Waals surface area contributed by atoms with Crippen LogP contribution in [-0.4, -0.2) is 26.2 Å². The van der Waals surface area contributed by atoms with Crippen molar-refractivity contribution in [3.05, 3.63) is 63.4 Å². The molecule has 0 N–H and O–H groups in total. The average Bonchev–Trinajstić information content (AvgIpc) is 2.79. The zero-order valence-corrected chi connectivity index (χ0v) is 15.5. The highest BCUT2D eigenvalue weighted by atomic mass is 79.9. The van der Waals surface area contributed by atoms with Crippen molar-refractivity contribution in [3.8, 4) is 0 Å². The van der Waals surface area contributed by atoms with Crippen molar-refractivity contribution < 1.29 is 19.1 Å². The van der Waals surface area contributed by atoms with Gasteiger partial charge in [0.05, 0.1) is 19.8 Å². The molecule has 0 saturated carbocycles. The van der Waals surface area contributed by atoms with Crippen LogP contribution in [0.25, 0.3) is 0 Å². The first-order chi connectivity index (χ1) is 11.4. The van der Waals surface area contributed by atoms with E-state index in [1.807, 2.05) is 26.0 Å². The molecule has 1 aliphatic rings. The minimum Gasteiger partial charge on any atom is -0.465 e. The fraction of sp³-hybridized carbons (Fsp3) is 0.222. The second-order valence-electron chi connectivity index (χ2n) is 5.20. The molecule has 1 aliphatic heterocycles. The van der Waals surface area contributed by atoms with Gasteiger partial charge in [-0.3, -0.25) is 0 Å². The highest BCUT2D eigenvalue weighted by Crippen LogP contribution is 2.32. The minimum absolute atomic E-state index is 0.110. The van der Waals surface area contributed by atoms with E-state index in [0.29, 0.717) is 0 Å². The van der Waals surface area contributed by atoms with Crippen LogP contribution in [-0.2, 0) is 19.1 Å². The molecule has 0 atom stereocenters. The van der Waals surface area contributed by atoms with Gasteiger partial charge in [0.2, 0.25) is 0 Å². The molecule has 1 heterocycles. The number of anilines is 1. The fourth-order valence-electron chi connectivity index (χ4n) is 2.38. The lowest BCUT2D eigenvalue weighted by atomic mass is 10.1. The summed E-state index contributed by atoms with van der Waals surface area (Å²) < 4.78 is 10.7. The number of hydrogen-bond acceptors (Lipinski definition) is 5. The van der Waals surface area contributed by atoms with Gasteiger partial charge in [-0.25, -0.2) is 9.59 Å². The molecule has 0 aliphatic carbocycles. The first-order valence-corrected chi connectivity index (χ1v) is 8.01. The Bertz CT molecular complexity index is 777. The Morgan fingerprint density at radius 3 is 2.29 bits per heavy atom. The van der Waals surface area contributed by atoms with Crippen LogP contribution in [0, 0.1) is 13.8 Å². The van der Waals surface area contributed by atoms with Crippen molar-refractivity contribution in [3.63, 3.8) is 0 Å². The molecule has 1 aromatic carbocycles. The van der Waals surface area contributed by atoms with Gasteiger partial charge in [-0.1, -0.05) is 22.0 Å². The zero-order valence-electron chi connectivity index (χ0n) is 13.9. The normalized spacial score (nSPS) is 13.8. The molecule has 0 saturated heterocycles. The number of benzene rings is 1. The van der Waals surface area contributed by atoms with E-state index >= 15 is 0 Å². The monoisotopic (exact) mass is 391 g/mol. The maximum absolute atomic E-state index is 12.4. The molecule has 0 spiro atoms. The standard InChI is InChI=1S/C18H18BrNO4/c1-11-10-15(12(2)9-14(11)19)20-8-6-5-7-13(17(21)23-3)16(20)18(22)24-4/h5-10H,1-4H3. The average molecular weight is 392 g/mol. The van der Waals surface area contributed by atoms with Gasteiger partial charge in [-0.15, -0.1) is 0 Å². The Labute approximate surface area is 149 Å². The molecule has 0 radical (unpaired) electrons. The first kappa shape index (κ1) is 18.0. The summed E-state index contributed by atoms with van der Waals surface area (Å²) in [5, 5.41) is 0. The number of carbonyl (C=O) groups is 2. The van der Waals surface area contributed by atoms with Gasteiger partial charge in [0, 0.05) is 16.4 Å². The number of methoxy groups -OCH3 is 2. The molecule has 126 valence electrons. The third-order valence-corrected chi connectivity index (χ3v) is 4.48. The highest BCUT2D eigenvalue weighted by Gasteiger charge is 2.28. The number of allylic oxidation sites excluding steroid dienone is 2. The molecule has 0 fully saturated rings. The Hall–Kier alpha value is -2.34. The molecule has 0 amide bonds. The van der Waals surface area contributed by atoms with Gasteiger partial charge in [-0.05, 0) is 49.3 Å². The second-order valence-corrected chi connectivity index (χ2v) is 6.06. The van der Waals surface area contributed by atoms with Gasteiger partial charge in [-0.2, -0.15) is 0 Å². The van der Waals surface area contributed by atoms with Crippen LogP contribution in [0.1, 0.15) is 11.1 Å². The van der Waals surface area contributed by atoms with E-state index in [2.05, 4.69) is 15.9 Å². The van der Waals surface area contributed by atoms with Crippen molar-refractivity contribution in [2.75, 3.05) is 19.1 Å². The molecule has 2 rings (SSSR count). The second kappa shape index (κ2) is 7.49. The SMILES string of the molecule is COC(=O)C1=C(C(=O)OC)N(c2cc(C)c(Br)cc2C)C=CC=C1. The molecule has 6 heteroatoms. The predicted molar refractivity (Wildman–Crippen MR) is 95.4 cm³/mol. The Morgan fingerprint density at radius 1 is 1.00 bits per heavy atom. The van der Waals surface area contributed by atoms with Crippen molar-refractivity contribution >= 4 is 33.6 Å². The summed E-state index contributed by atoms with van der Waals surface area (Å²) >= 11 is 3.50. The molecule has 0 unspecified atom stereocenters. The number of carbonyl (C=O) groups excluding carboxylic acids is 2. The number of nitrogens with zero attached hydrogens (tertiary/aromatic N) is 1. The third kappa shape index (κ3) is 3.43. The summed E-state index contributed by atoms with van der Waals surface area (Å²) in [4.78, 5) is 26.2. The number of aryl methyl sites for hydroxylation is 2. The maximum Gasteiger partial charge on any atom is 0.355 e. The predicted octanol–water partition coefficient (Wildman–Crippen LogP) is 3.56. The van der Waals surface area contributed by atoms with E-state index < -0.39 is 11.9 Å². The van der Waals surface area contributed by atoms with Crippen LogP contribution in [0.5, 0.6) is 0 Å². The summed E-state index contributed by atoms with van der Waals surface area (Å²) in [6.45, 7) is 3.88. The number of halogens is 1. The van der Waals surface area contributed by atoms with E-state index in [1.165, 1.54) is 20.3 Å². The van der Waals surface area contributed by atoms with Gasteiger partial charge >= 0.3 is 11.9 Å². The van der Waals surface area contributed by atoms with Gasteiger partial charge in [0.15, 0.2) is 0 Å². The van der Waals surface area contributed by atoms with Crippen LogP contribution in [0.2, 0.25) is 0 Å². The Kier molecular flexibility index (Phi) is 5.62. The van der Waals surface area contributed by atoms with E-state index in [0.717, 1.165) is 21.3 Å². The molecule has 0 bridgehead atoms. The summed E-state index contributed by atoms with van der Waals surface area (Å²) in [6, 6.07) is 3.90. The molecular formula is C18H18BrNO4. The topological polar surface area (TPSA) is 55.8 Å². The van der Waals surface area contributed by atoms with Crippen molar-refractivity contribution in [2.24, 2.45) is 0 Å². The van der Waals surface area contributed by atoms with Crippen LogP contribution >= 0.6 is 15.9 Å². The molecule has 5 nitrogen and oxygen atoms in total. The van der Waals surface area contributed by atoms with Crippen LogP contribution in [0.4, 0.5) is 5.69 Å². The Balaban J connectivity index is 2.72. The van der Waals surface area contributed by atoms with E-state index in [-0.39, 0.29) is 11.3 Å². The molecule has 1 aromatic rings. The first-order valence-electron chi connectivity index (χ1n) is 7.22. The minimum atomic E-state index is -0.619. The van der Waals surface area contributed by atoms with Crippen LogP contribution in [0.3, 0.4) is 0 Å². The van der Waals surface area contributed by atoms with E-state index in [4.69, 9.17) is 9.47 Å². The summed E-state index contributed by atoms with van der Waals surface area (Å²) in [6.07, 6.45) is 6.68. The number of rotatable bonds is 3. The van der Waals surface area contributed by atoms with Crippen molar-refractivity contribution in [1.82, 2.24) is 0 Å². The fourth-order valence-corrected chi connectivity index (χ4v) is 2.83. The lowest BCUT2D eigenvalue weighted by molar-refractivity contribution is -0.139. The maximum atomic E-state index is 12.4. The molecular weight excluding hydrogens is 374 g/mol. The third-order valence-electron chi connectivity index (χ3n) is 3.63. The van der Waals surface area contributed by atoms with Crippen molar-refractivity contribution in [1.29, 1.82) is 0 Å². The number of hydrogen-bond donors (Lipinski definition) is 0. The van der Waals surface area contributed by atoms with Crippen LogP contribution in [0.15, 0.2) is 52.3 Å². The smallest absolute Gasteiger partial charge is 0.355 e. The van der Waals surface area contributed by atoms with Gasteiger partial charge < -0.3 is 14.4 Å². The van der Waals surface area contributed by atoms with E-state index in [9.17, 15) is 9.59 Å². The molecule has 24 heavy (non-hydrogen) atoms. The highest BCUT2D eigenvalue weighted by molar-refractivity contribution is 9.10. The number of ether oxygens (including phenoxy) is 2. The quantitative estimate of drug-likeness (QED) is 0.737. The largest absolute Gasteiger partial charge is 0.465 e. The summed E-state index contributed by atoms with van der Waals surface area (Å²) in [5.41, 5.74) is 2.96. The van der Waals surface area contributed by atoms with Crippen molar-refractivity contribution in [2.45, 2.75) is 13.8 Å². The van der Waals surface area contributed by atoms with E-state index in [1.54, 1.807) is 23.3 Å². The Morgan fingerprint density at radius 2 is 1.67 bits per heavy atom. The molecule has 0 aromatic heterocycles. The van der Waals surface area contributed by atoms with Gasteiger partial charge in [0.1, 0.15) is 5.70 Å². The number of esters is 2. The zero-order chi connectivity index (χ0) is 17.9. The summed E-state index contributed by atoms with van der Waals surface area (Å²) in [7, 11) is 2.55.